The molecule has 0 spiro atoms. The van der Waals surface area contributed by atoms with E-state index in [4.69, 9.17) is 14.2 Å². The summed E-state index contributed by atoms with van der Waals surface area (Å²) in [5.74, 6) is -2.32. The fourth-order valence-electron chi connectivity index (χ4n) is 4.99. The number of nitrogens with zero attached hydrogens (tertiary/aromatic N) is 4. The number of pyridine rings is 1. The van der Waals surface area contributed by atoms with Gasteiger partial charge in [-0.3, -0.25) is 0 Å². The number of morpholine rings is 1. The standard InChI is InChI=1S/C30H32F2N5O5S.Co/c1-4-33-20-36(29-27(31)25(40-2)16-26(41-3)28(29)32)18-21-14-22-15-23(19-35-10-12-42-13-11-35)37(30(22)34-17-21)43(38,39)24-8-6-5-7-9-24;/h5-9,15-17,33H,4,10-13,18-19H2,1-3H3;/q-1;. The molecule has 1 aliphatic heterocycles. The predicted octanol–water partition coefficient (Wildman–Crippen LogP) is 3.45. The number of halogens is 2. The molecule has 1 N–H and O–H groups in total. The number of hydrogen-bond donors (Lipinski definition) is 1. The van der Waals surface area contributed by atoms with Gasteiger partial charge in [-0.1, -0.05) is 6.07 Å². The minimum atomic E-state index is -4.02. The van der Waals surface area contributed by atoms with Crippen molar-refractivity contribution in [3.8, 4) is 11.5 Å². The van der Waals surface area contributed by atoms with Crippen LogP contribution in [0, 0.1) is 17.7 Å². The maximum atomic E-state index is 15.6. The van der Waals surface area contributed by atoms with Gasteiger partial charge in [-0.25, -0.2) is 0 Å². The summed E-state index contributed by atoms with van der Waals surface area (Å²) in [5.41, 5.74) is 0.672. The van der Waals surface area contributed by atoms with Crippen molar-refractivity contribution in [3.05, 3.63) is 77.6 Å². The zero-order valence-electron chi connectivity index (χ0n) is 24.4. The number of fused-ring (bicyclic) bond motifs is 1. The summed E-state index contributed by atoms with van der Waals surface area (Å²) in [6, 6.07) is 14.2. The fraction of sp³-hybridized carbons (Fsp3) is 0.333. The molecule has 3 heterocycles. The summed E-state index contributed by atoms with van der Waals surface area (Å²) in [7, 11) is -1.48. The third-order valence-corrected chi connectivity index (χ3v) is 9.32. The van der Waals surface area contributed by atoms with E-state index in [1.807, 2.05) is 6.92 Å². The van der Waals surface area contributed by atoms with Crippen molar-refractivity contribution in [2.45, 2.75) is 24.9 Å². The van der Waals surface area contributed by atoms with E-state index >= 15 is 8.78 Å². The van der Waals surface area contributed by atoms with Crippen molar-refractivity contribution < 1.29 is 46.7 Å². The van der Waals surface area contributed by atoms with Gasteiger partial charge in [0.15, 0.2) is 0 Å². The second-order valence-corrected chi connectivity index (χ2v) is 12.2. The zero-order valence-corrected chi connectivity index (χ0v) is 26.3. The van der Waals surface area contributed by atoms with Crippen molar-refractivity contribution in [2.24, 2.45) is 0 Å². The van der Waals surface area contributed by atoms with E-state index in [0.717, 1.165) is 6.07 Å². The van der Waals surface area contributed by atoms with Gasteiger partial charge in [0.25, 0.3) is 0 Å². The fourth-order valence-corrected chi connectivity index (χ4v) is 6.88. The zero-order chi connectivity index (χ0) is 31.4. The normalized spacial score (nSPS) is 14.1. The van der Waals surface area contributed by atoms with Gasteiger partial charge >= 0.3 is 253 Å². The Hall–Kier alpha value is -3.40. The van der Waals surface area contributed by atoms with Gasteiger partial charge in [0.05, 0.1) is 0 Å². The second-order valence-electron chi connectivity index (χ2n) is 9.90. The van der Waals surface area contributed by atoms with E-state index in [9.17, 15) is 8.42 Å². The Kier molecular flexibility index (Phi) is 9.97. The molecule has 14 heteroatoms. The Labute approximate surface area is 262 Å². The van der Waals surface area contributed by atoms with Crippen LogP contribution in [0.4, 0.5) is 14.5 Å². The van der Waals surface area contributed by atoms with Crippen LogP contribution in [0.3, 0.4) is 0 Å². The van der Waals surface area contributed by atoms with Gasteiger partial charge in [0.2, 0.25) is 0 Å². The number of benzene rings is 2. The van der Waals surface area contributed by atoms with Crippen molar-refractivity contribution in [2.75, 3.05) is 52.0 Å². The molecule has 2 aromatic heterocycles. The number of methoxy groups -OCH3 is 2. The van der Waals surface area contributed by atoms with Crippen molar-refractivity contribution in [3.63, 3.8) is 0 Å². The quantitative estimate of drug-likeness (QED) is 0.227. The van der Waals surface area contributed by atoms with Crippen LogP contribution in [0.1, 0.15) is 18.2 Å². The monoisotopic (exact) mass is 671 g/mol. The molecule has 1 aliphatic rings. The molecular weight excluding hydrogens is 639 g/mol. The van der Waals surface area contributed by atoms with Gasteiger partial charge in [0.1, 0.15) is 0 Å². The first-order chi connectivity index (χ1) is 21.2. The molecule has 0 saturated carbocycles. The molecule has 0 aliphatic carbocycles. The molecular formula is C30H32CoF2N5O5S-. The predicted molar refractivity (Wildman–Crippen MR) is 158 cm³/mol. The van der Waals surface area contributed by atoms with Crippen LogP contribution >= 0.6 is 0 Å². The molecule has 44 heavy (non-hydrogen) atoms. The third kappa shape index (κ3) is 6.36. The van der Waals surface area contributed by atoms with Crippen LogP contribution in [-0.4, -0.2) is 74.0 Å². The summed E-state index contributed by atoms with van der Waals surface area (Å²) in [6.45, 7) is 4.86. The van der Waals surface area contributed by atoms with Crippen LogP contribution in [0.5, 0.6) is 11.5 Å². The van der Waals surface area contributed by atoms with Gasteiger partial charge in [0, 0.05) is 0 Å². The summed E-state index contributed by atoms with van der Waals surface area (Å²) < 4.78 is 76.1. The second kappa shape index (κ2) is 13.7. The average molecular weight is 672 g/mol. The van der Waals surface area contributed by atoms with Crippen LogP contribution in [0.25, 0.3) is 11.0 Å². The van der Waals surface area contributed by atoms with E-state index < -0.39 is 27.3 Å². The molecule has 0 amide bonds. The Morgan fingerprint density at radius 1 is 1.11 bits per heavy atom. The number of ether oxygens (including phenoxy) is 3. The number of nitrogens with one attached hydrogen (secondary N) is 1. The number of aromatic nitrogens is 2. The first-order valence-corrected chi connectivity index (χ1v) is 15.8. The Morgan fingerprint density at radius 3 is 2.39 bits per heavy atom. The molecule has 10 nitrogen and oxygen atoms in total. The molecule has 4 aromatic rings. The van der Waals surface area contributed by atoms with Crippen molar-refractivity contribution >= 4 is 31.4 Å². The Morgan fingerprint density at radius 2 is 1.77 bits per heavy atom. The van der Waals surface area contributed by atoms with Crippen molar-refractivity contribution in [1.29, 1.82) is 0 Å². The van der Waals surface area contributed by atoms with E-state index in [0.29, 0.717) is 56.0 Å². The molecule has 2 aromatic carbocycles. The van der Waals surface area contributed by atoms with Crippen LogP contribution in [-0.2, 0) is 43.2 Å². The first-order valence-electron chi connectivity index (χ1n) is 13.8. The van der Waals surface area contributed by atoms with E-state index in [2.05, 4.69) is 36.6 Å². The summed E-state index contributed by atoms with van der Waals surface area (Å²) in [6.07, 6.45) is 1.43. The van der Waals surface area contributed by atoms with E-state index in [1.54, 1.807) is 24.3 Å². The number of rotatable bonds is 12. The van der Waals surface area contributed by atoms with Gasteiger partial charge in [-0.05, 0) is 0 Å². The molecule has 0 radical (unpaired) electrons. The molecule has 0 unspecified atom stereocenters. The van der Waals surface area contributed by atoms with Gasteiger partial charge < -0.3 is 4.74 Å². The van der Waals surface area contributed by atoms with Crippen molar-refractivity contribution in [1.82, 2.24) is 19.2 Å². The first kappa shape index (κ1) is 32.0. The van der Waals surface area contributed by atoms with Crippen LogP contribution in [0.15, 0.2) is 53.6 Å². The van der Waals surface area contributed by atoms with Gasteiger partial charge in [-0.2, -0.15) is 0 Å². The topological polar surface area (TPSA) is 98.2 Å². The van der Waals surface area contributed by atoms with Crippen LogP contribution < -0.4 is 19.7 Å². The SMILES string of the molecule is CCN[C](=[Co])N(Cc1[c-]c2cc(CN3CCOCC3)n(S(=O)(=O)c3ccccc3)c2nc1)c1c(F)c(OC)cc(OC)c1F. The minimum absolute atomic E-state index is 0.118. The summed E-state index contributed by atoms with van der Waals surface area (Å²) >= 11 is 4.56. The molecule has 0 bridgehead atoms. The molecule has 0 atom stereocenters. The molecule has 1 saturated heterocycles. The maximum absolute atomic E-state index is 15.6. The Bertz CT molecular complexity index is 1740. The Balaban J connectivity index is 1.61. The molecule has 237 valence electrons. The van der Waals surface area contributed by atoms with Gasteiger partial charge in [-0.15, -0.1) is 0 Å². The third-order valence-electron chi connectivity index (χ3n) is 7.10. The number of hydrogen-bond acceptors (Lipinski definition) is 9. The van der Waals surface area contributed by atoms with E-state index in [1.165, 1.54) is 41.4 Å². The molecule has 5 rings (SSSR count). The summed E-state index contributed by atoms with van der Waals surface area (Å²) in [4.78, 5) is 8.05. The molecule has 1 fully saturated rings. The average Bonchev–Trinajstić information content (AvgIpc) is 3.39. The summed E-state index contributed by atoms with van der Waals surface area (Å²) in [5, 5.41) is 3.41. The van der Waals surface area contributed by atoms with Crippen LogP contribution in [0.2, 0.25) is 0 Å². The van der Waals surface area contributed by atoms with E-state index in [-0.39, 0.29) is 33.3 Å². The number of anilines is 1.